The van der Waals surface area contributed by atoms with E-state index >= 15 is 0 Å². The van der Waals surface area contributed by atoms with Crippen LogP contribution in [0.2, 0.25) is 5.02 Å². The fourth-order valence-corrected chi connectivity index (χ4v) is 3.23. The van der Waals surface area contributed by atoms with Gasteiger partial charge in [-0.05, 0) is 48.3 Å². The summed E-state index contributed by atoms with van der Waals surface area (Å²) in [7, 11) is 0. The number of amides is 1. The number of nitrogens with one attached hydrogen (secondary N) is 1. The van der Waals surface area contributed by atoms with Gasteiger partial charge in [-0.15, -0.1) is 10.2 Å². The third-order valence-corrected chi connectivity index (χ3v) is 4.77. The van der Waals surface area contributed by atoms with Gasteiger partial charge in [0.25, 0.3) is 0 Å². The van der Waals surface area contributed by atoms with Crippen molar-refractivity contribution in [2.75, 3.05) is 12.0 Å². The van der Waals surface area contributed by atoms with Gasteiger partial charge in [-0.2, -0.15) is 11.8 Å². The minimum Gasteiger partial charge on any atom is -0.346 e. The Bertz CT molecular complexity index is 850. The second-order valence-electron chi connectivity index (χ2n) is 5.69. The third kappa shape index (κ3) is 4.52. The van der Waals surface area contributed by atoms with Crippen molar-refractivity contribution in [2.45, 2.75) is 18.9 Å². The molecule has 3 aromatic rings. The summed E-state index contributed by atoms with van der Waals surface area (Å²) in [4.78, 5) is 12.5. The fraction of sp³-hybridized carbons (Fsp3) is 0.278. The van der Waals surface area contributed by atoms with Crippen molar-refractivity contribution in [1.82, 2.24) is 19.9 Å². The van der Waals surface area contributed by atoms with Crippen molar-refractivity contribution < 1.29 is 4.79 Å². The Morgan fingerprint density at radius 2 is 2.04 bits per heavy atom. The predicted octanol–water partition coefficient (Wildman–Crippen LogP) is 3.54. The smallest absolute Gasteiger partial charge is 0.225 e. The van der Waals surface area contributed by atoms with Crippen LogP contribution in [-0.4, -0.2) is 32.5 Å². The first-order valence-electron chi connectivity index (χ1n) is 8.00. The number of nitrogens with zero attached hydrogens (tertiary/aromatic N) is 3. The lowest BCUT2D eigenvalue weighted by Gasteiger charge is -2.17. The number of halogens is 1. The Kier molecular flexibility index (Phi) is 5.94. The number of fused-ring (bicyclic) bond motifs is 1. The topological polar surface area (TPSA) is 59.3 Å². The molecule has 0 unspecified atom stereocenters. The summed E-state index contributed by atoms with van der Waals surface area (Å²) in [6.45, 7) is 0. The summed E-state index contributed by atoms with van der Waals surface area (Å²) in [5, 5.41) is 12.2. The number of thioether (sulfide) groups is 1. The first-order valence-corrected chi connectivity index (χ1v) is 9.77. The molecule has 1 N–H and O–H groups in total. The molecule has 5 nitrogen and oxygen atoms in total. The highest BCUT2D eigenvalue weighted by Crippen LogP contribution is 2.19. The van der Waals surface area contributed by atoms with Gasteiger partial charge in [-0.3, -0.25) is 9.20 Å². The van der Waals surface area contributed by atoms with E-state index in [1.54, 1.807) is 23.9 Å². The van der Waals surface area contributed by atoms with Crippen LogP contribution in [-0.2, 0) is 11.2 Å². The maximum atomic E-state index is 12.5. The number of aromatic nitrogens is 3. The van der Waals surface area contributed by atoms with Crippen molar-refractivity contribution >= 4 is 34.9 Å². The summed E-state index contributed by atoms with van der Waals surface area (Å²) in [6.07, 6.45) is 5.07. The van der Waals surface area contributed by atoms with E-state index in [0.29, 0.717) is 11.4 Å². The highest BCUT2D eigenvalue weighted by Gasteiger charge is 2.20. The van der Waals surface area contributed by atoms with Gasteiger partial charge in [0.15, 0.2) is 11.5 Å². The molecule has 3 rings (SSSR count). The molecule has 7 heteroatoms. The van der Waals surface area contributed by atoms with Crippen LogP contribution in [0.1, 0.15) is 23.9 Å². The molecule has 0 saturated heterocycles. The molecule has 2 heterocycles. The van der Waals surface area contributed by atoms with Gasteiger partial charge >= 0.3 is 0 Å². The SMILES string of the molecule is CSCC[C@H](NC(=O)Cc1ccc(Cl)cc1)c1nnc2ccccn12. The van der Waals surface area contributed by atoms with Crippen molar-refractivity contribution in [3.05, 3.63) is 65.1 Å². The van der Waals surface area contributed by atoms with E-state index in [4.69, 9.17) is 11.6 Å². The molecule has 0 saturated carbocycles. The van der Waals surface area contributed by atoms with Crippen LogP contribution in [0.25, 0.3) is 5.65 Å². The Balaban J connectivity index is 1.76. The number of carbonyl (C=O) groups is 1. The summed E-state index contributed by atoms with van der Waals surface area (Å²) >= 11 is 7.63. The largest absolute Gasteiger partial charge is 0.346 e. The van der Waals surface area contributed by atoms with E-state index in [1.807, 2.05) is 40.9 Å². The van der Waals surface area contributed by atoms with Crippen LogP contribution in [0.15, 0.2) is 48.7 Å². The molecule has 0 fully saturated rings. The Morgan fingerprint density at radius 3 is 2.80 bits per heavy atom. The minimum absolute atomic E-state index is 0.0406. The Labute approximate surface area is 155 Å². The van der Waals surface area contributed by atoms with E-state index < -0.39 is 0 Å². The highest BCUT2D eigenvalue weighted by atomic mass is 35.5. The Morgan fingerprint density at radius 1 is 1.24 bits per heavy atom. The van der Waals surface area contributed by atoms with Gasteiger partial charge in [0.1, 0.15) is 0 Å². The number of rotatable bonds is 7. The van der Waals surface area contributed by atoms with Crippen LogP contribution < -0.4 is 5.32 Å². The van der Waals surface area contributed by atoms with Crippen LogP contribution in [0.4, 0.5) is 0 Å². The van der Waals surface area contributed by atoms with Crippen molar-refractivity contribution in [1.29, 1.82) is 0 Å². The molecule has 130 valence electrons. The summed E-state index contributed by atoms with van der Waals surface area (Å²) < 4.78 is 1.92. The standard InChI is InChI=1S/C18H19ClN4OS/c1-25-11-9-15(18-22-21-16-4-2-3-10-23(16)18)20-17(24)12-13-5-7-14(19)8-6-13/h2-8,10,15H,9,11-12H2,1H3,(H,20,24)/t15-/m0/s1. The average molecular weight is 375 g/mol. The number of pyridine rings is 1. The van der Waals surface area contributed by atoms with Gasteiger partial charge in [-0.1, -0.05) is 29.8 Å². The van der Waals surface area contributed by atoms with Crippen LogP contribution in [0, 0.1) is 0 Å². The van der Waals surface area contributed by atoms with E-state index in [2.05, 4.69) is 21.8 Å². The molecule has 0 aliphatic carbocycles. The normalized spacial score (nSPS) is 12.2. The van der Waals surface area contributed by atoms with Crippen molar-refractivity contribution in [3.8, 4) is 0 Å². The van der Waals surface area contributed by atoms with E-state index in [9.17, 15) is 4.79 Å². The molecule has 1 atom stereocenters. The van der Waals surface area contributed by atoms with Crippen LogP contribution in [0.3, 0.4) is 0 Å². The maximum absolute atomic E-state index is 12.5. The van der Waals surface area contributed by atoms with Crippen molar-refractivity contribution in [2.24, 2.45) is 0 Å². The second kappa shape index (κ2) is 8.36. The monoisotopic (exact) mass is 374 g/mol. The average Bonchev–Trinajstić information content (AvgIpc) is 3.04. The predicted molar refractivity (Wildman–Crippen MR) is 102 cm³/mol. The quantitative estimate of drug-likeness (QED) is 0.687. The molecule has 25 heavy (non-hydrogen) atoms. The summed E-state index contributed by atoms with van der Waals surface area (Å²) in [5.74, 6) is 1.64. The molecule has 2 aromatic heterocycles. The molecule has 0 radical (unpaired) electrons. The van der Waals surface area contributed by atoms with E-state index in [1.165, 1.54) is 0 Å². The van der Waals surface area contributed by atoms with Gasteiger partial charge in [-0.25, -0.2) is 0 Å². The molecular formula is C18H19ClN4OS. The zero-order chi connectivity index (χ0) is 17.6. The molecular weight excluding hydrogens is 356 g/mol. The number of benzene rings is 1. The molecule has 1 aromatic carbocycles. The van der Waals surface area contributed by atoms with Gasteiger partial charge < -0.3 is 5.32 Å². The zero-order valence-electron chi connectivity index (χ0n) is 13.9. The first-order chi connectivity index (χ1) is 12.2. The van der Waals surface area contributed by atoms with Gasteiger partial charge in [0.05, 0.1) is 12.5 Å². The zero-order valence-corrected chi connectivity index (χ0v) is 15.4. The highest BCUT2D eigenvalue weighted by molar-refractivity contribution is 7.98. The molecule has 0 aliphatic heterocycles. The maximum Gasteiger partial charge on any atom is 0.225 e. The van der Waals surface area contributed by atoms with Gasteiger partial charge in [0, 0.05) is 11.2 Å². The molecule has 0 aliphatic rings. The lowest BCUT2D eigenvalue weighted by atomic mass is 10.1. The van der Waals surface area contributed by atoms with Crippen LogP contribution in [0.5, 0.6) is 0 Å². The minimum atomic E-state index is -0.176. The van der Waals surface area contributed by atoms with E-state index in [-0.39, 0.29) is 11.9 Å². The van der Waals surface area contributed by atoms with Crippen LogP contribution >= 0.6 is 23.4 Å². The van der Waals surface area contributed by atoms with Crippen molar-refractivity contribution in [3.63, 3.8) is 0 Å². The summed E-state index contributed by atoms with van der Waals surface area (Å²) in [5.41, 5.74) is 1.70. The lowest BCUT2D eigenvalue weighted by molar-refractivity contribution is -0.121. The van der Waals surface area contributed by atoms with Gasteiger partial charge in [0.2, 0.25) is 5.91 Å². The molecule has 0 bridgehead atoms. The third-order valence-electron chi connectivity index (χ3n) is 3.88. The second-order valence-corrected chi connectivity index (χ2v) is 7.11. The first kappa shape index (κ1) is 17.8. The lowest BCUT2D eigenvalue weighted by Crippen LogP contribution is -2.31. The summed E-state index contributed by atoms with van der Waals surface area (Å²) in [6, 6.07) is 12.9. The molecule has 0 spiro atoms. The molecule has 1 amide bonds. The number of hydrogen-bond donors (Lipinski definition) is 1. The Hall–Kier alpha value is -2.05. The number of hydrogen-bond acceptors (Lipinski definition) is 4. The fourth-order valence-electron chi connectivity index (χ4n) is 2.63. The number of carbonyl (C=O) groups excluding carboxylic acids is 1. The van der Waals surface area contributed by atoms with E-state index in [0.717, 1.165) is 29.2 Å².